The van der Waals surface area contributed by atoms with Gasteiger partial charge in [-0.15, -0.1) is 5.54 Å². The summed E-state index contributed by atoms with van der Waals surface area (Å²) in [6, 6.07) is 16.6. The fourth-order valence-electron chi connectivity index (χ4n) is 4.86. The van der Waals surface area contributed by atoms with Gasteiger partial charge in [0, 0.05) is 35.3 Å². The number of benzene rings is 2. The molecule has 0 bridgehead atoms. The maximum absolute atomic E-state index is 5.51. The number of likely N-dealkylation sites (tertiary alicyclic amines) is 1. The van der Waals surface area contributed by atoms with Crippen LogP contribution in [0.1, 0.15) is 50.8 Å². The topological polar surface area (TPSA) is 38.3 Å². The van der Waals surface area contributed by atoms with Gasteiger partial charge in [0.05, 0.1) is 12.8 Å². The van der Waals surface area contributed by atoms with Crippen LogP contribution in [-0.4, -0.2) is 49.7 Å². The van der Waals surface area contributed by atoms with Crippen molar-refractivity contribution in [2.45, 2.75) is 59.2 Å². The van der Waals surface area contributed by atoms with E-state index in [0.29, 0.717) is 11.3 Å². The highest BCUT2D eigenvalue weighted by Crippen LogP contribution is 2.36. The second kappa shape index (κ2) is 11.2. The molecule has 4 nitrogen and oxygen atoms in total. The van der Waals surface area contributed by atoms with Gasteiger partial charge in [-0.25, -0.2) is 9.97 Å². The summed E-state index contributed by atoms with van der Waals surface area (Å²) in [5.41, 5.74) is 9.20. The van der Waals surface area contributed by atoms with Crippen LogP contribution in [0.4, 0.5) is 0 Å². The number of nitrogens with zero attached hydrogens (tertiary/aromatic N) is 3. The Kier molecular flexibility index (Phi) is 8.21. The molecule has 1 saturated heterocycles. The third-order valence-corrected chi connectivity index (χ3v) is 7.47. The summed E-state index contributed by atoms with van der Waals surface area (Å²) in [5, 5.41) is 0. The minimum atomic E-state index is -1.41. The van der Waals surface area contributed by atoms with Crippen LogP contribution in [0.5, 0.6) is 5.75 Å². The smallest absolute Gasteiger partial charge is 0.159 e. The van der Waals surface area contributed by atoms with Crippen molar-refractivity contribution in [2.75, 3.05) is 26.7 Å². The molecule has 1 aliphatic rings. The van der Waals surface area contributed by atoms with Crippen LogP contribution in [0, 0.1) is 16.9 Å². The van der Waals surface area contributed by atoms with Crippen molar-refractivity contribution in [2.24, 2.45) is 5.41 Å². The molecule has 37 heavy (non-hydrogen) atoms. The monoisotopic (exact) mass is 511 g/mol. The fraction of sp³-hybridized carbons (Fsp3) is 0.438. The summed E-state index contributed by atoms with van der Waals surface area (Å²) >= 11 is 0. The Bertz CT molecular complexity index is 1270. The molecule has 0 spiro atoms. The zero-order valence-corrected chi connectivity index (χ0v) is 24.6. The second-order valence-corrected chi connectivity index (χ2v) is 17.2. The van der Waals surface area contributed by atoms with E-state index < -0.39 is 8.07 Å². The Hall–Kier alpha value is -2.94. The van der Waals surface area contributed by atoms with Crippen molar-refractivity contribution in [1.29, 1.82) is 0 Å². The Labute approximate surface area is 224 Å². The van der Waals surface area contributed by atoms with Crippen molar-refractivity contribution in [3.05, 3.63) is 66.0 Å². The van der Waals surface area contributed by atoms with Crippen molar-refractivity contribution < 1.29 is 4.74 Å². The molecule has 1 fully saturated rings. The van der Waals surface area contributed by atoms with Crippen LogP contribution >= 0.6 is 0 Å². The van der Waals surface area contributed by atoms with E-state index in [1.807, 2.05) is 18.3 Å². The van der Waals surface area contributed by atoms with Gasteiger partial charge < -0.3 is 9.64 Å². The Morgan fingerprint density at radius 2 is 1.70 bits per heavy atom. The summed E-state index contributed by atoms with van der Waals surface area (Å²) in [6.07, 6.45) is 4.22. The highest BCUT2D eigenvalue weighted by Gasteiger charge is 2.27. The molecule has 1 aromatic heterocycles. The minimum absolute atomic E-state index is 0.312. The van der Waals surface area contributed by atoms with Crippen LogP contribution in [0.25, 0.3) is 22.5 Å². The van der Waals surface area contributed by atoms with E-state index in [9.17, 15) is 0 Å². The van der Waals surface area contributed by atoms with Gasteiger partial charge in [-0.3, -0.25) is 0 Å². The highest BCUT2D eigenvalue weighted by atomic mass is 28.3. The van der Waals surface area contributed by atoms with Crippen LogP contribution in [0.3, 0.4) is 0 Å². The molecule has 1 aliphatic heterocycles. The number of aromatic nitrogens is 2. The van der Waals surface area contributed by atoms with E-state index in [0.717, 1.165) is 72.0 Å². The van der Waals surface area contributed by atoms with Gasteiger partial charge in [0.2, 0.25) is 0 Å². The van der Waals surface area contributed by atoms with Crippen LogP contribution < -0.4 is 4.74 Å². The number of hydrogen-bond acceptors (Lipinski definition) is 4. The van der Waals surface area contributed by atoms with Crippen molar-refractivity contribution in [3.8, 4) is 39.7 Å². The van der Waals surface area contributed by atoms with E-state index in [1.165, 1.54) is 0 Å². The second-order valence-electron chi connectivity index (χ2n) is 12.4. The average molecular weight is 512 g/mol. The molecule has 0 aliphatic carbocycles. The molecule has 0 unspecified atom stereocenters. The molecule has 3 aromatic rings. The first-order chi connectivity index (χ1) is 17.5. The van der Waals surface area contributed by atoms with Gasteiger partial charge >= 0.3 is 0 Å². The van der Waals surface area contributed by atoms with Crippen molar-refractivity contribution in [3.63, 3.8) is 0 Å². The number of ether oxygens (including phenoxy) is 1. The Morgan fingerprint density at radius 3 is 2.32 bits per heavy atom. The molecular weight excluding hydrogens is 470 g/mol. The summed E-state index contributed by atoms with van der Waals surface area (Å²) in [7, 11) is 0.304. The lowest BCUT2D eigenvalue weighted by Crippen LogP contribution is -2.38. The van der Waals surface area contributed by atoms with Crippen molar-refractivity contribution in [1.82, 2.24) is 14.9 Å². The molecule has 2 heterocycles. The van der Waals surface area contributed by atoms with Gasteiger partial charge in [0.25, 0.3) is 0 Å². The number of piperidine rings is 1. The first-order valence-corrected chi connectivity index (χ1v) is 16.9. The van der Waals surface area contributed by atoms with Crippen molar-refractivity contribution >= 4 is 8.07 Å². The predicted octanol–water partition coefficient (Wildman–Crippen LogP) is 7.27. The third kappa shape index (κ3) is 7.53. The van der Waals surface area contributed by atoms with E-state index in [-0.39, 0.29) is 0 Å². The zero-order chi connectivity index (χ0) is 26.6. The Balaban J connectivity index is 1.66. The summed E-state index contributed by atoms with van der Waals surface area (Å²) in [6.45, 7) is 17.1. The molecule has 0 atom stereocenters. The first kappa shape index (κ1) is 27.1. The molecule has 4 rings (SSSR count). The molecule has 0 saturated carbocycles. The maximum atomic E-state index is 5.51. The molecule has 0 N–H and O–H groups in total. The molecule has 5 heteroatoms. The lowest BCUT2D eigenvalue weighted by atomic mass is 9.87. The normalized spacial score (nSPS) is 15.2. The van der Waals surface area contributed by atoms with E-state index in [4.69, 9.17) is 14.7 Å². The maximum Gasteiger partial charge on any atom is 0.159 e. The van der Waals surface area contributed by atoms with E-state index in [2.05, 4.69) is 93.2 Å². The molecule has 0 radical (unpaired) electrons. The van der Waals surface area contributed by atoms with E-state index in [1.54, 1.807) is 7.11 Å². The number of methoxy groups -OCH3 is 1. The average Bonchev–Trinajstić information content (AvgIpc) is 2.86. The van der Waals surface area contributed by atoms with Crippen LogP contribution in [0.2, 0.25) is 19.6 Å². The van der Waals surface area contributed by atoms with Gasteiger partial charge in [-0.2, -0.15) is 0 Å². The van der Waals surface area contributed by atoms with Crippen LogP contribution in [-0.2, 0) is 0 Å². The lowest BCUT2D eigenvalue weighted by Gasteiger charge is -2.36. The molecule has 0 amide bonds. The molecule has 2 aromatic carbocycles. The summed E-state index contributed by atoms with van der Waals surface area (Å²) in [4.78, 5) is 12.6. The largest absolute Gasteiger partial charge is 0.497 e. The summed E-state index contributed by atoms with van der Waals surface area (Å²) < 4.78 is 5.51. The lowest BCUT2D eigenvalue weighted by molar-refractivity contribution is 0.153. The van der Waals surface area contributed by atoms with Gasteiger partial charge in [-0.05, 0) is 73.3 Å². The fourth-order valence-corrected chi connectivity index (χ4v) is 5.38. The molecular formula is C32H41N3OSi. The number of rotatable bonds is 5. The van der Waals surface area contributed by atoms with Gasteiger partial charge in [-0.1, -0.05) is 58.5 Å². The minimum Gasteiger partial charge on any atom is -0.497 e. The standard InChI is InChI=1S/C32H41N3OSi/c1-32(2,3)23-35-18-15-25(16-19-35)30-29(27-9-8-10-28(21-27)36-4)22-33-31(34-30)26-13-11-24(12-14-26)17-20-37(5,6)7/h8-14,21-22,25H,15-16,18-19,23H2,1-7H3. The van der Waals surface area contributed by atoms with E-state index >= 15 is 0 Å². The van der Waals surface area contributed by atoms with Gasteiger partial charge in [0.15, 0.2) is 5.82 Å². The van der Waals surface area contributed by atoms with Gasteiger partial charge in [0.1, 0.15) is 13.8 Å². The molecule has 194 valence electrons. The SMILES string of the molecule is COc1cccc(-c2cnc(-c3ccc(C#C[Si](C)(C)C)cc3)nc2C2CCN(CC(C)(C)C)CC2)c1. The zero-order valence-electron chi connectivity index (χ0n) is 23.6. The third-order valence-electron chi connectivity index (χ3n) is 6.60. The summed E-state index contributed by atoms with van der Waals surface area (Å²) in [5.74, 6) is 5.38. The first-order valence-electron chi connectivity index (χ1n) is 13.4. The van der Waals surface area contributed by atoms with Crippen LogP contribution in [0.15, 0.2) is 54.7 Å². The quantitative estimate of drug-likeness (QED) is 0.267. The Morgan fingerprint density at radius 1 is 1.00 bits per heavy atom. The highest BCUT2D eigenvalue weighted by molar-refractivity contribution is 6.83. The predicted molar refractivity (Wildman–Crippen MR) is 158 cm³/mol. The number of hydrogen-bond donors (Lipinski definition) is 0.